The third-order valence-corrected chi connectivity index (χ3v) is 11.3. The number of fused-ring (bicyclic) bond motifs is 9. The molecule has 4 heteroatoms. The van der Waals surface area contributed by atoms with Crippen LogP contribution in [0.5, 0.6) is 0 Å². The summed E-state index contributed by atoms with van der Waals surface area (Å²) in [6.07, 6.45) is 0. The van der Waals surface area contributed by atoms with Gasteiger partial charge < -0.3 is 9.13 Å². The van der Waals surface area contributed by atoms with Crippen LogP contribution < -0.4 is 0 Å². The first-order valence-corrected chi connectivity index (χ1v) is 18.4. The molecule has 0 bridgehead atoms. The third kappa shape index (κ3) is 4.08. The first-order chi connectivity index (χ1) is 26.8. The summed E-state index contributed by atoms with van der Waals surface area (Å²) in [7, 11) is 0. The Bertz CT molecular complexity index is 3200. The van der Waals surface area contributed by atoms with Gasteiger partial charge >= 0.3 is 0 Å². The summed E-state index contributed by atoms with van der Waals surface area (Å²) in [6.45, 7) is 0. The van der Waals surface area contributed by atoms with Crippen LogP contribution in [0.2, 0.25) is 0 Å². The summed E-state index contributed by atoms with van der Waals surface area (Å²) in [5, 5.41) is 7.47. The fourth-order valence-corrected chi connectivity index (χ4v) is 8.92. The van der Waals surface area contributed by atoms with Crippen molar-refractivity contribution < 1.29 is 0 Å². The van der Waals surface area contributed by atoms with Crippen LogP contribution in [0.25, 0.3) is 111 Å². The zero-order valence-corrected chi connectivity index (χ0v) is 29.1. The van der Waals surface area contributed by atoms with Gasteiger partial charge in [0.2, 0.25) is 0 Å². The molecule has 12 rings (SSSR count). The predicted molar refractivity (Wildman–Crippen MR) is 224 cm³/mol. The van der Waals surface area contributed by atoms with E-state index in [9.17, 15) is 0 Å². The largest absolute Gasteiger partial charge is 0.309 e. The van der Waals surface area contributed by atoms with Gasteiger partial charge in [-0.25, -0.2) is 9.97 Å². The standard InChI is InChI=1S/C50H30N4/c1-5-19-42-36(13-1)37-14-2-6-20-43(37)53(42)34-27-23-32(24-28-34)48-47-40-17-9-11-31-12-10-18-41(46(31)40)49(47)52-50(51-48)33-25-29-35(30-26-33)54-44-21-7-3-15-38(44)39-16-4-8-22-45(39)54/h1-30H. The molecule has 0 saturated carbocycles. The van der Waals surface area contributed by atoms with Crippen molar-refractivity contribution in [3.63, 3.8) is 0 Å². The molecule has 8 aromatic carbocycles. The van der Waals surface area contributed by atoms with Crippen molar-refractivity contribution in [2.24, 2.45) is 0 Å². The predicted octanol–water partition coefficient (Wildman–Crippen LogP) is 12.8. The van der Waals surface area contributed by atoms with Gasteiger partial charge in [-0.3, -0.25) is 0 Å². The Balaban J connectivity index is 1.03. The Kier molecular flexibility index (Phi) is 6.02. The van der Waals surface area contributed by atoms with Gasteiger partial charge in [-0.05, 0) is 77.0 Å². The molecule has 3 heterocycles. The highest BCUT2D eigenvalue weighted by atomic mass is 15.0. The summed E-state index contributed by atoms with van der Waals surface area (Å²) in [4.78, 5) is 10.8. The second-order valence-electron chi connectivity index (χ2n) is 14.2. The van der Waals surface area contributed by atoms with Gasteiger partial charge in [-0.1, -0.05) is 121 Å². The van der Waals surface area contributed by atoms with E-state index in [1.165, 1.54) is 59.9 Å². The Morgan fingerprint density at radius 1 is 0.333 bits per heavy atom. The van der Waals surface area contributed by atoms with Crippen molar-refractivity contribution in [2.45, 2.75) is 0 Å². The lowest BCUT2D eigenvalue weighted by atomic mass is 9.99. The maximum absolute atomic E-state index is 5.41. The second kappa shape index (κ2) is 11.1. The topological polar surface area (TPSA) is 35.6 Å². The minimum atomic E-state index is 0.716. The van der Waals surface area contributed by atoms with Crippen LogP contribution in [0.4, 0.5) is 0 Å². The van der Waals surface area contributed by atoms with Gasteiger partial charge in [0.1, 0.15) is 0 Å². The first kappa shape index (κ1) is 29.3. The lowest BCUT2D eigenvalue weighted by Gasteiger charge is -2.14. The number of hydrogen-bond acceptors (Lipinski definition) is 2. The summed E-state index contributed by atoms with van der Waals surface area (Å²) in [5.74, 6) is 0.716. The molecule has 1 aliphatic carbocycles. The Labute approximate surface area is 310 Å². The van der Waals surface area contributed by atoms with Crippen molar-refractivity contribution in [1.82, 2.24) is 19.1 Å². The van der Waals surface area contributed by atoms with E-state index >= 15 is 0 Å². The van der Waals surface area contributed by atoms with Crippen LogP contribution in [0.3, 0.4) is 0 Å². The number of rotatable bonds is 4. The van der Waals surface area contributed by atoms with E-state index in [0.717, 1.165) is 45.0 Å². The van der Waals surface area contributed by atoms with Crippen molar-refractivity contribution in [1.29, 1.82) is 0 Å². The van der Waals surface area contributed by atoms with E-state index in [1.807, 2.05) is 0 Å². The Morgan fingerprint density at radius 2 is 0.759 bits per heavy atom. The fraction of sp³-hybridized carbons (Fsp3) is 0. The van der Waals surface area contributed by atoms with E-state index in [0.29, 0.717) is 5.82 Å². The molecule has 0 fully saturated rings. The maximum Gasteiger partial charge on any atom is 0.160 e. The third-order valence-electron chi connectivity index (χ3n) is 11.3. The monoisotopic (exact) mass is 686 g/mol. The number of aromatic nitrogens is 4. The van der Waals surface area contributed by atoms with Crippen molar-refractivity contribution in [3.05, 3.63) is 182 Å². The fourth-order valence-electron chi connectivity index (χ4n) is 8.92. The molecular formula is C50H30N4. The zero-order chi connectivity index (χ0) is 35.3. The minimum Gasteiger partial charge on any atom is -0.309 e. The van der Waals surface area contributed by atoms with Crippen LogP contribution in [-0.4, -0.2) is 19.1 Å². The van der Waals surface area contributed by atoms with E-state index in [2.05, 4.69) is 191 Å². The molecule has 0 atom stereocenters. The van der Waals surface area contributed by atoms with Crippen LogP contribution in [0.1, 0.15) is 0 Å². The van der Waals surface area contributed by atoms with Gasteiger partial charge in [0.05, 0.1) is 33.5 Å². The summed E-state index contributed by atoms with van der Waals surface area (Å²) < 4.78 is 4.71. The van der Waals surface area contributed by atoms with Gasteiger partial charge in [0.15, 0.2) is 5.82 Å². The number of benzene rings is 8. The summed E-state index contributed by atoms with van der Waals surface area (Å²) >= 11 is 0. The zero-order valence-electron chi connectivity index (χ0n) is 29.1. The smallest absolute Gasteiger partial charge is 0.160 e. The minimum absolute atomic E-state index is 0.716. The van der Waals surface area contributed by atoms with Crippen LogP contribution in [0.15, 0.2) is 182 Å². The molecule has 0 N–H and O–H groups in total. The summed E-state index contributed by atoms with van der Waals surface area (Å²) in [6, 6.07) is 65.3. The highest BCUT2D eigenvalue weighted by Gasteiger charge is 2.28. The molecule has 11 aromatic rings. The molecule has 0 aliphatic heterocycles. The van der Waals surface area contributed by atoms with Gasteiger partial charge in [0, 0.05) is 55.2 Å². The Morgan fingerprint density at radius 3 is 1.26 bits per heavy atom. The number of hydrogen-bond donors (Lipinski definition) is 0. The van der Waals surface area contributed by atoms with E-state index in [1.54, 1.807) is 0 Å². The maximum atomic E-state index is 5.41. The molecule has 0 radical (unpaired) electrons. The molecule has 3 aromatic heterocycles. The molecule has 250 valence electrons. The molecule has 0 amide bonds. The van der Waals surface area contributed by atoms with E-state index in [4.69, 9.17) is 9.97 Å². The highest BCUT2D eigenvalue weighted by molar-refractivity contribution is 6.17. The lowest BCUT2D eigenvalue weighted by Crippen LogP contribution is -1.99. The van der Waals surface area contributed by atoms with Crippen LogP contribution in [-0.2, 0) is 0 Å². The molecule has 4 nitrogen and oxygen atoms in total. The quantitative estimate of drug-likeness (QED) is 0.185. The van der Waals surface area contributed by atoms with Crippen molar-refractivity contribution in [2.75, 3.05) is 0 Å². The van der Waals surface area contributed by atoms with Gasteiger partial charge in [-0.15, -0.1) is 0 Å². The number of nitrogens with zero attached hydrogens (tertiary/aromatic N) is 4. The van der Waals surface area contributed by atoms with Crippen molar-refractivity contribution >= 4 is 54.4 Å². The average Bonchev–Trinajstić information content (AvgIpc) is 3.88. The van der Waals surface area contributed by atoms with Crippen LogP contribution >= 0.6 is 0 Å². The second-order valence-corrected chi connectivity index (χ2v) is 14.2. The molecule has 1 aliphatic rings. The molecule has 54 heavy (non-hydrogen) atoms. The van der Waals surface area contributed by atoms with Gasteiger partial charge in [-0.2, -0.15) is 0 Å². The highest BCUT2D eigenvalue weighted by Crippen LogP contribution is 2.50. The molecule has 0 unspecified atom stereocenters. The summed E-state index contributed by atoms with van der Waals surface area (Å²) in [5.41, 5.74) is 14.4. The van der Waals surface area contributed by atoms with Crippen molar-refractivity contribution in [3.8, 4) is 56.4 Å². The molecule has 0 spiro atoms. The molecule has 0 saturated heterocycles. The molecular weight excluding hydrogens is 657 g/mol. The normalized spacial score (nSPS) is 12.1. The van der Waals surface area contributed by atoms with Gasteiger partial charge in [0.25, 0.3) is 0 Å². The van der Waals surface area contributed by atoms with E-state index in [-0.39, 0.29) is 0 Å². The number of para-hydroxylation sites is 4. The first-order valence-electron chi connectivity index (χ1n) is 18.4. The Hall–Kier alpha value is -7.30. The van der Waals surface area contributed by atoms with E-state index < -0.39 is 0 Å². The van der Waals surface area contributed by atoms with Crippen LogP contribution in [0, 0.1) is 0 Å². The average molecular weight is 687 g/mol. The SMILES string of the molecule is c1cc2c3c(cccc3c1)-c1c(-c3ccc(-n4c5ccccc5c5ccccc54)cc3)nc(-c3ccc(-n4c5ccccc5c5ccccc54)cc3)nc1-2. The lowest BCUT2D eigenvalue weighted by molar-refractivity contribution is 1.16.